The van der Waals surface area contributed by atoms with Gasteiger partial charge in [-0.3, -0.25) is 4.79 Å². The number of ketones is 1. The molecule has 1 unspecified atom stereocenters. The standard InChI is InChI=1S/C20H28ClN3OS/c1-5-15(25)10-17(19-9-14(11-21)13(4)26-19)16-7-8-18(24(23)6-2)20(22)12(16)3/h7-9,17H,5-6,10-11,22-23H2,1-4H3. The molecule has 0 radical (unpaired) electrons. The Hall–Kier alpha value is -1.56. The maximum atomic E-state index is 12.3. The Morgan fingerprint density at radius 3 is 2.54 bits per heavy atom. The molecule has 0 spiro atoms. The molecule has 1 aromatic heterocycles. The van der Waals surface area contributed by atoms with E-state index in [0.29, 0.717) is 31.0 Å². The maximum absolute atomic E-state index is 12.3. The van der Waals surface area contributed by atoms with Crippen molar-refractivity contribution in [2.75, 3.05) is 17.3 Å². The molecule has 0 bridgehead atoms. The molecule has 1 aromatic carbocycles. The summed E-state index contributed by atoms with van der Waals surface area (Å²) in [5.41, 5.74) is 11.1. The first kappa shape index (κ1) is 20.7. The molecule has 1 atom stereocenters. The third-order valence-corrected chi connectivity index (χ3v) is 6.41. The number of nitrogens with zero attached hydrogens (tertiary/aromatic N) is 1. The quantitative estimate of drug-likeness (QED) is 0.290. The highest BCUT2D eigenvalue weighted by molar-refractivity contribution is 7.12. The summed E-state index contributed by atoms with van der Waals surface area (Å²) < 4.78 is 0. The zero-order valence-electron chi connectivity index (χ0n) is 15.9. The van der Waals surface area contributed by atoms with Gasteiger partial charge in [0.05, 0.1) is 11.4 Å². The van der Waals surface area contributed by atoms with E-state index in [0.717, 1.165) is 27.3 Å². The molecule has 4 nitrogen and oxygen atoms in total. The molecule has 0 saturated carbocycles. The third kappa shape index (κ3) is 4.22. The molecule has 6 heteroatoms. The smallest absolute Gasteiger partial charge is 0.133 e. The zero-order valence-corrected chi connectivity index (χ0v) is 17.5. The molecule has 4 N–H and O–H groups in total. The number of hydrogen-bond donors (Lipinski definition) is 2. The Morgan fingerprint density at radius 2 is 2.00 bits per heavy atom. The van der Waals surface area contributed by atoms with Gasteiger partial charge in [-0.25, -0.2) is 5.84 Å². The van der Waals surface area contributed by atoms with Gasteiger partial charge >= 0.3 is 0 Å². The van der Waals surface area contributed by atoms with Crippen LogP contribution in [0, 0.1) is 13.8 Å². The summed E-state index contributed by atoms with van der Waals surface area (Å²) in [6.07, 6.45) is 1.00. The number of carbonyl (C=O) groups excluding carboxylic acids is 1. The van der Waals surface area contributed by atoms with Crippen LogP contribution in [0.2, 0.25) is 0 Å². The predicted octanol–water partition coefficient (Wildman–Crippen LogP) is 4.89. The lowest BCUT2D eigenvalue weighted by Crippen LogP contribution is -2.31. The minimum atomic E-state index is -0.00711. The van der Waals surface area contributed by atoms with Crippen LogP contribution in [0.3, 0.4) is 0 Å². The van der Waals surface area contributed by atoms with Gasteiger partial charge in [-0.05, 0) is 49.6 Å². The Kier molecular flexibility index (Phi) is 7.09. The molecule has 2 aromatic rings. The Morgan fingerprint density at radius 1 is 1.31 bits per heavy atom. The number of benzene rings is 1. The number of alkyl halides is 1. The molecule has 26 heavy (non-hydrogen) atoms. The van der Waals surface area contributed by atoms with Crippen LogP contribution in [0.5, 0.6) is 0 Å². The fourth-order valence-corrected chi connectivity index (χ4v) is 4.64. The molecule has 0 amide bonds. The molecule has 2 rings (SSSR count). The van der Waals surface area contributed by atoms with E-state index < -0.39 is 0 Å². The average Bonchev–Trinajstić information content (AvgIpc) is 3.02. The molecular weight excluding hydrogens is 366 g/mol. The highest BCUT2D eigenvalue weighted by Gasteiger charge is 2.24. The van der Waals surface area contributed by atoms with Gasteiger partial charge in [0, 0.05) is 40.9 Å². The second-order valence-corrected chi connectivity index (χ2v) is 8.07. The van der Waals surface area contributed by atoms with Crippen LogP contribution >= 0.6 is 22.9 Å². The second kappa shape index (κ2) is 8.89. The molecule has 142 valence electrons. The van der Waals surface area contributed by atoms with Gasteiger partial charge < -0.3 is 10.7 Å². The van der Waals surface area contributed by atoms with Crippen LogP contribution < -0.4 is 16.6 Å². The number of anilines is 2. The fourth-order valence-electron chi connectivity index (χ4n) is 3.11. The number of aryl methyl sites for hydroxylation is 1. The summed E-state index contributed by atoms with van der Waals surface area (Å²) in [6, 6.07) is 6.14. The van der Waals surface area contributed by atoms with Crippen molar-refractivity contribution in [3.63, 3.8) is 0 Å². The second-order valence-electron chi connectivity index (χ2n) is 6.51. The number of carbonyl (C=O) groups is 1. The molecule has 0 saturated heterocycles. The SMILES string of the molecule is CCC(=O)CC(c1cc(CCl)c(C)s1)c1ccc(N(N)CC)c(N)c1C. The van der Waals surface area contributed by atoms with Crippen molar-refractivity contribution in [3.8, 4) is 0 Å². The number of hydrazine groups is 1. The van der Waals surface area contributed by atoms with Crippen molar-refractivity contribution < 1.29 is 4.79 Å². The first-order valence-corrected chi connectivity index (χ1v) is 10.3. The largest absolute Gasteiger partial charge is 0.397 e. The van der Waals surface area contributed by atoms with Crippen molar-refractivity contribution >= 4 is 40.1 Å². The zero-order chi connectivity index (χ0) is 19.4. The molecule has 0 fully saturated rings. The number of hydrogen-bond acceptors (Lipinski definition) is 5. The van der Waals surface area contributed by atoms with Gasteiger partial charge in [0.1, 0.15) is 5.78 Å². The predicted molar refractivity (Wildman–Crippen MR) is 113 cm³/mol. The van der Waals surface area contributed by atoms with Gasteiger partial charge in [0.2, 0.25) is 0 Å². The van der Waals surface area contributed by atoms with Gasteiger partial charge in [0.15, 0.2) is 0 Å². The van der Waals surface area contributed by atoms with Crippen molar-refractivity contribution in [2.45, 2.75) is 52.3 Å². The Labute approximate surface area is 165 Å². The molecule has 0 aliphatic rings. The fraction of sp³-hybridized carbons (Fsp3) is 0.450. The lowest BCUT2D eigenvalue weighted by Gasteiger charge is -2.24. The molecule has 0 aliphatic heterocycles. The Balaban J connectivity index is 2.55. The minimum Gasteiger partial charge on any atom is -0.397 e. The van der Waals surface area contributed by atoms with Crippen LogP contribution in [-0.4, -0.2) is 12.3 Å². The number of Topliss-reactive ketones (excluding diaryl/α,β-unsaturated/α-hetero) is 1. The number of halogens is 1. The van der Waals surface area contributed by atoms with Gasteiger partial charge in [-0.1, -0.05) is 13.0 Å². The van der Waals surface area contributed by atoms with Crippen molar-refractivity contribution in [1.82, 2.24) is 0 Å². The Bertz CT molecular complexity index is 788. The first-order valence-electron chi connectivity index (χ1n) is 8.91. The van der Waals surface area contributed by atoms with Crippen LogP contribution in [0.4, 0.5) is 11.4 Å². The van der Waals surface area contributed by atoms with E-state index in [1.165, 1.54) is 4.88 Å². The summed E-state index contributed by atoms with van der Waals surface area (Å²) in [5.74, 6) is 6.75. The third-order valence-electron chi connectivity index (χ3n) is 4.91. The minimum absolute atomic E-state index is 0.00711. The van der Waals surface area contributed by atoms with Crippen LogP contribution in [0.1, 0.15) is 59.1 Å². The first-order chi connectivity index (χ1) is 12.3. The van der Waals surface area contributed by atoms with Gasteiger partial charge in [-0.2, -0.15) is 0 Å². The van der Waals surface area contributed by atoms with E-state index in [4.69, 9.17) is 23.2 Å². The van der Waals surface area contributed by atoms with Crippen molar-refractivity contribution in [2.24, 2.45) is 5.84 Å². The number of nitrogens with two attached hydrogens (primary N) is 2. The highest BCUT2D eigenvalue weighted by Crippen LogP contribution is 2.40. The van der Waals surface area contributed by atoms with Crippen molar-refractivity contribution in [1.29, 1.82) is 0 Å². The number of nitrogen functional groups attached to an aromatic ring is 1. The molecule has 1 heterocycles. The van der Waals surface area contributed by atoms with Crippen molar-refractivity contribution in [3.05, 3.63) is 44.6 Å². The van der Waals surface area contributed by atoms with E-state index in [9.17, 15) is 4.79 Å². The lowest BCUT2D eigenvalue weighted by molar-refractivity contribution is -0.118. The van der Waals surface area contributed by atoms with Gasteiger partial charge in [0.25, 0.3) is 0 Å². The summed E-state index contributed by atoms with van der Waals surface area (Å²) in [7, 11) is 0. The average molecular weight is 394 g/mol. The van der Waals surface area contributed by atoms with Crippen LogP contribution in [-0.2, 0) is 10.7 Å². The highest BCUT2D eigenvalue weighted by atomic mass is 35.5. The van der Waals surface area contributed by atoms with Crippen LogP contribution in [0.15, 0.2) is 18.2 Å². The number of rotatable bonds is 8. The topological polar surface area (TPSA) is 72.3 Å². The molecular formula is C20H28ClN3OS. The van der Waals surface area contributed by atoms with E-state index in [1.807, 2.05) is 26.8 Å². The maximum Gasteiger partial charge on any atom is 0.133 e. The van der Waals surface area contributed by atoms with Crippen LogP contribution in [0.25, 0.3) is 0 Å². The number of thiophene rings is 1. The summed E-state index contributed by atoms with van der Waals surface area (Å²) in [5, 5.41) is 1.64. The normalized spacial score (nSPS) is 12.2. The summed E-state index contributed by atoms with van der Waals surface area (Å²) in [4.78, 5) is 14.6. The summed E-state index contributed by atoms with van der Waals surface area (Å²) >= 11 is 7.77. The lowest BCUT2D eigenvalue weighted by atomic mass is 9.87. The van der Waals surface area contributed by atoms with E-state index in [1.54, 1.807) is 16.3 Å². The van der Waals surface area contributed by atoms with Gasteiger partial charge in [-0.15, -0.1) is 22.9 Å². The van der Waals surface area contributed by atoms with E-state index >= 15 is 0 Å². The van der Waals surface area contributed by atoms with E-state index in [-0.39, 0.29) is 11.7 Å². The molecule has 0 aliphatic carbocycles. The monoisotopic (exact) mass is 393 g/mol. The summed E-state index contributed by atoms with van der Waals surface area (Å²) in [6.45, 7) is 8.63. The van der Waals surface area contributed by atoms with E-state index in [2.05, 4.69) is 19.1 Å².